The van der Waals surface area contributed by atoms with Crippen molar-refractivity contribution in [2.24, 2.45) is 5.92 Å². The van der Waals surface area contributed by atoms with E-state index in [-0.39, 0.29) is 41.6 Å². The maximum absolute atomic E-state index is 13.7. The predicted molar refractivity (Wildman–Crippen MR) is 119 cm³/mol. The maximum atomic E-state index is 13.7. The Morgan fingerprint density at radius 3 is 2.55 bits per heavy atom. The van der Waals surface area contributed by atoms with Gasteiger partial charge in [-0.15, -0.1) is 0 Å². The van der Waals surface area contributed by atoms with E-state index < -0.39 is 15.8 Å². The molecule has 0 aliphatic carbocycles. The summed E-state index contributed by atoms with van der Waals surface area (Å²) in [5, 5.41) is 0. The Hall–Kier alpha value is -1.97. The molecule has 1 fully saturated rings. The number of fused-ring (bicyclic) bond motifs is 1. The smallest absolute Gasteiger partial charge is 0.246 e. The molecule has 0 spiro atoms. The minimum Gasteiger partial charge on any atom is -0.495 e. The Morgan fingerprint density at radius 1 is 1.16 bits per heavy atom. The van der Waals surface area contributed by atoms with Gasteiger partial charge in [-0.2, -0.15) is 4.31 Å². The number of sulfonamides is 1. The van der Waals surface area contributed by atoms with E-state index >= 15 is 0 Å². The highest BCUT2D eigenvalue weighted by molar-refractivity contribution is 9.10. The molecule has 2 heterocycles. The first kappa shape index (κ1) is 22.2. The van der Waals surface area contributed by atoms with Crippen molar-refractivity contribution >= 4 is 37.5 Å². The number of carbonyl (C=O) groups excluding carboxylic acids is 1. The molecule has 166 valence electrons. The van der Waals surface area contributed by atoms with Gasteiger partial charge in [-0.25, -0.2) is 12.8 Å². The summed E-state index contributed by atoms with van der Waals surface area (Å²) < 4.78 is 47.3. The third kappa shape index (κ3) is 4.10. The second kappa shape index (κ2) is 8.52. The van der Waals surface area contributed by atoms with Crippen LogP contribution in [-0.2, 0) is 21.2 Å². The van der Waals surface area contributed by atoms with Gasteiger partial charge in [0.25, 0.3) is 0 Å². The lowest BCUT2D eigenvalue weighted by Gasteiger charge is -2.34. The molecule has 1 amide bonds. The summed E-state index contributed by atoms with van der Waals surface area (Å²) >= 11 is 3.48. The number of carbonyl (C=O) groups is 1. The third-order valence-electron chi connectivity index (χ3n) is 6.04. The zero-order chi connectivity index (χ0) is 22.3. The summed E-state index contributed by atoms with van der Waals surface area (Å²) in [7, 11) is -2.57. The summed E-state index contributed by atoms with van der Waals surface area (Å²) in [5.41, 5.74) is 2.06. The Morgan fingerprint density at radius 2 is 1.87 bits per heavy atom. The van der Waals surface area contributed by atoms with Crippen molar-refractivity contribution in [2.75, 3.05) is 25.1 Å². The third-order valence-corrected chi connectivity index (χ3v) is 8.45. The van der Waals surface area contributed by atoms with E-state index in [1.807, 2.05) is 30.0 Å². The molecule has 0 N–H and O–H groups in total. The summed E-state index contributed by atoms with van der Waals surface area (Å²) in [5.74, 6) is -0.752. The summed E-state index contributed by atoms with van der Waals surface area (Å²) in [6.07, 6.45) is 1.64. The number of hydrogen-bond acceptors (Lipinski definition) is 4. The largest absolute Gasteiger partial charge is 0.495 e. The quantitative estimate of drug-likeness (QED) is 0.623. The zero-order valence-electron chi connectivity index (χ0n) is 17.3. The topological polar surface area (TPSA) is 66.9 Å². The molecule has 31 heavy (non-hydrogen) atoms. The molecule has 4 rings (SSSR count). The summed E-state index contributed by atoms with van der Waals surface area (Å²) in [4.78, 5) is 15.0. The Kier molecular flexibility index (Phi) is 6.11. The van der Waals surface area contributed by atoms with E-state index in [0.29, 0.717) is 12.8 Å². The average molecular weight is 511 g/mol. The van der Waals surface area contributed by atoms with Crippen molar-refractivity contribution in [3.8, 4) is 5.75 Å². The lowest BCUT2D eigenvalue weighted by molar-refractivity contribution is -0.123. The van der Waals surface area contributed by atoms with E-state index in [2.05, 4.69) is 15.9 Å². The first-order valence-corrected chi connectivity index (χ1v) is 12.4. The first-order valence-electron chi connectivity index (χ1n) is 10.2. The van der Waals surface area contributed by atoms with Crippen molar-refractivity contribution in [1.82, 2.24) is 4.31 Å². The molecule has 2 aromatic carbocycles. The van der Waals surface area contributed by atoms with Crippen LogP contribution in [-0.4, -0.2) is 44.9 Å². The number of amides is 1. The minimum atomic E-state index is -3.92. The fourth-order valence-corrected chi connectivity index (χ4v) is 6.51. The monoisotopic (exact) mass is 510 g/mol. The number of nitrogens with zero attached hydrogens (tertiary/aromatic N) is 2. The van der Waals surface area contributed by atoms with Crippen molar-refractivity contribution in [2.45, 2.75) is 37.1 Å². The molecule has 9 heteroatoms. The maximum Gasteiger partial charge on any atom is 0.246 e. The molecule has 2 aliphatic heterocycles. The molecule has 6 nitrogen and oxygen atoms in total. The molecule has 0 unspecified atom stereocenters. The van der Waals surface area contributed by atoms with Crippen LogP contribution in [0.15, 0.2) is 45.8 Å². The molecule has 0 saturated carbocycles. The fourth-order valence-electron chi connectivity index (χ4n) is 4.47. The number of piperidine rings is 1. The van der Waals surface area contributed by atoms with Gasteiger partial charge in [0.1, 0.15) is 16.5 Å². The van der Waals surface area contributed by atoms with E-state index in [4.69, 9.17) is 4.74 Å². The second-order valence-corrected chi connectivity index (χ2v) is 10.8. The Balaban J connectivity index is 1.49. The van der Waals surface area contributed by atoms with Crippen molar-refractivity contribution in [1.29, 1.82) is 0 Å². The standard InChI is InChI=1S/C22H24BrFN2O4S/c1-14-11-16-12-17(23)3-5-19(16)26(14)22(27)15-7-9-25(10-8-15)31(28,29)21-13-18(24)4-6-20(21)30-2/h3-6,12-15H,7-11H2,1-2H3/t14-/m0/s1. The number of hydrogen-bond donors (Lipinski definition) is 0. The minimum absolute atomic E-state index is 0.0361. The first-order chi connectivity index (χ1) is 14.7. The van der Waals surface area contributed by atoms with Gasteiger partial charge in [-0.1, -0.05) is 15.9 Å². The number of methoxy groups -OCH3 is 1. The molecular formula is C22H24BrFN2O4S. The van der Waals surface area contributed by atoms with Crippen molar-refractivity contribution < 1.29 is 22.3 Å². The summed E-state index contributed by atoms with van der Waals surface area (Å²) in [6, 6.07) is 9.44. The van der Waals surface area contributed by atoms with Crippen LogP contribution in [0.5, 0.6) is 5.75 Å². The fraction of sp³-hybridized carbons (Fsp3) is 0.409. The van der Waals surface area contributed by atoms with Gasteiger partial charge in [0.2, 0.25) is 15.9 Å². The lowest BCUT2D eigenvalue weighted by atomic mass is 9.96. The number of benzene rings is 2. The molecule has 0 radical (unpaired) electrons. The van der Waals surface area contributed by atoms with Crippen LogP contribution in [0.1, 0.15) is 25.3 Å². The van der Waals surface area contributed by atoms with Crippen LogP contribution >= 0.6 is 15.9 Å². The van der Waals surface area contributed by atoms with Gasteiger partial charge in [-0.3, -0.25) is 4.79 Å². The highest BCUT2D eigenvalue weighted by Gasteiger charge is 2.38. The van der Waals surface area contributed by atoms with Crippen LogP contribution in [0.3, 0.4) is 0 Å². The van der Waals surface area contributed by atoms with Crippen molar-refractivity contribution in [3.63, 3.8) is 0 Å². The molecule has 2 aliphatic rings. The van der Waals surface area contributed by atoms with Crippen LogP contribution in [0.25, 0.3) is 0 Å². The Labute approximate surface area is 190 Å². The molecule has 1 saturated heterocycles. The molecule has 0 aromatic heterocycles. The molecular weight excluding hydrogens is 487 g/mol. The van der Waals surface area contributed by atoms with E-state index in [1.165, 1.54) is 17.5 Å². The van der Waals surface area contributed by atoms with Gasteiger partial charge < -0.3 is 9.64 Å². The highest BCUT2D eigenvalue weighted by atomic mass is 79.9. The number of anilines is 1. The van der Waals surface area contributed by atoms with Gasteiger partial charge in [0, 0.05) is 35.2 Å². The average Bonchev–Trinajstić information content (AvgIpc) is 3.07. The number of rotatable bonds is 4. The summed E-state index contributed by atoms with van der Waals surface area (Å²) in [6.45, 7) is 2.43. The molecule has 1 atom stereocenters. The van der Waals surface area contributed by atoms with E-state index in [0.717, 1.165) is 34.3 Å². The van der Waals surface area contributed by atoms with Crippen LogP contribution in [0.4, 0.5) is 10.1 Å². The van der Waals surface area contributed by atoms with Crippen molar-refractivity contribution in [3.05, 3.63) is 52.3 Å². The highest BCUT2D eigenvalue weighted by Crippen LogP contribution is 2.37. The SMILES string of the molecule is COc1ccc(F)cc1S(=O)(=O)N1CCC(C(=O)N2c3ccc(Br)cc3C[C@@H]2C)CC1. The molecule has 2 aromatic rings. The van der Waals surface area contributed by atoms with Gasteiger partial charge in [0.15, 0.2) is 0 Å². The van der Waals surface area contributed by atoms with E-state index in [1.54, 1.807) is 0 Å². The number of ether oxygens (including phenoxy) is 1. The van der Waals surface area contributed by atoms with Gasteiger partial charge in [0.05, 0.1) is 7.11 Å². The van der Waals surface area contributed by atoms with Crippen LogP contribution < -0.4 is 9.64 Å². The molecule has 0 bridgehead atoms. The van der Waals surface area contributed by atoms with Gasteiger partial charge in [-0.05, 0) is 68.1 Å². The zero-order valence-corrected chi connectivity index (χ0v) is 19.7. The van der Waals surface area contributed by atoms with Gasteiger partial charge >= 0.3 is 0 Å². The van der Waals surface area contributed by atoms with E-state index in [9.17, 15) is 17.6 Å². The second-order valence-electron chi connectivity index (χ2n) is 8.01. The van der Waals surface area contributed by atoms with Crippen LogP contribution in [0.2, 0.25) is 0 Å². The normalized spacial score (nSPS) is 20.0. The Bertz CT molecular complexity index is 1120. The predicted octanol–water partition coefficient (Wildman–Crippen LogP) is 3.98. The van der Waals surface area contributed by atoms with Crippen LogP contribution in [0, 0.1) is 11.7 Å². The number of halogens is 2. The lowest BCUT2D eigenvalue weighted by Crippen LogP contribution is -2.46.